The number of halogens is 3. The molecule has 2 rings (SSSR count). The number of sulfonamides is 1. The predicted octanol–water partition coefficient (Wildman–Crippen LogP) is 2.76. The van der Waals surface area contributed by atoms with Gasteiger partial charge < -0.3 is 35.2 Å². The summed E-state index contributed by atoms with van der Waals surface area (Å²) in [7, 11) is 3.62. The number of benzene rings is 1. The first kappa shape index (κ1) is 53.8. The maximum Gasteiger partial charge on any atom is 0.471 e. The van der Waals surface area contributed by atoms with E-state index in [-0.39, 0.29) is 47.6 Å². The van der Waals surface area contributed by atoms with Crippen molar-refractivity contribution in [3.05, 3.63) is 24.3 Å². The van der Waals surface area contributed by atoms with Crippen molar-refractivity contribution in [2.24, 2.45) is 23.7 Å². The number of hydrogen-bond acceptors (Lipinski definition) is 11. The Morgan fingerprint density at radius 3 is 1.98 bits per heavy atom. The lowest BCUT2D eigenvalue weighted by Crippen LogP contribution is -2.59. The van der Waals surface area contributed by atoms with Crippen LogP contribution in [0.1, 0.15) is 74.1 Å². The van der Waals surface area contributed by atoms with Gasteiger partial charge in [0.25, 0.3) is 15.9 Å². The van der Waals surface area contributed by atoms with Crippen molar-refractivity contribution in [1.29, 1.82) is 0 Å². The summed E-state index contributed by atoms with van der Waals surface area (Å²) in [5.41, 5.74) is -0.332. The van der Waals surface area contributed by atoms with Gasteiger partial charge in [-0.25, -0.2) is 13.1 Å². The fourth-order valence-corrected chi connectivity index (χ4v) is 8.89. The molecular weight excluding hydrogens is 840 g/mol. The maximum atomic E-state index is 14.2. The summed E-state index contributed by atoms with van der Waals surface area (Å²) >= 11 is 0. The molecule has 352 valence electrons. The summed E-state index contributed by atoms with van der Waals surface area (Å²) in [6.45, 7) is 12.7. The maximum absolute atomic E-state index is 14.2. The second-order valence-electron chi connectivity index (χ2n) is 16.7. The summed E-state index contributed by atoms with van der Waals surface area (Å²) < 4.78 is 76.6. The summed E-state index contributed by atoms with van der Waals surface area (Å²) in [4.78, 5) is 83.4. The fourth-order valence-electron chi connectivity index (χ4n) is 7.90. The molecule has 62 heavy (non-hydrogen) atoms. The van der Waals surface area contributed by atoms with Crippen LogP contribution < -0.4 is 20.7 Å². The van der Waals surface area contributed by atoms with Gasteiger partial charge in [-0.2, -0.15) is 13.2 Å². The molecule has 0 aliphatic carbocycles. The number of carbonyl (C=O) groups is 6. The van der Waals surface area contributed by atoms with E-state index in [2.05, 4.69) is 10.6 Å². The third kappa shape index (κ3) is 14.3. The molecule has 1 aromatic carbocycles. The van der Waals surface area contributed by atoms with Crippen LogP contribution in [0.3, 0.4) is 0 Å². The minimum Gasteiger partial charge on any atom is -0.379 e. The van der Waals surface area contributed by atoms with E-state index in [1.165, 1.54) is 14.2 Å². The average molecular weight is 906 g/mol. The molecule has 1 saturated heterocycles. The van der Waals surface area contributed by atoms with Gasteiger partial charge in [0.2, 0.25) is 23.6 Å². The topological polar surface area (TPSA) is 213 Å². The number of carbonyl (C=O) groups excluding carboxylic acids is 6. The number of amides is 6. The van der Waals surface area contributed by atoms with Crippen LogP contribution >= 0.6 is 0 Å². The van der Waals surface area contributed by atoms with Crippen LogP contribution in [0.25, 0.3) is 0 Å². The molecule has 6 amide bonds. The molecule has 1 heterocycles. The van der Waals surface area contributed by atoms with Crippen molar-refractivity contribution < 1.29 is 59.8 Å². The first-order valence-electron chi connectivity index (χ1n) is 20.6. The third-order valence-corrected chi connectivity index (χ3v) is 12.7. The van der Waals surface area contributed by atoms with E-state index < -0.39 is 87.7 Å². The number of likely N-dealkylation sites (N-methyl/N-ethyl adjacent to an activating group) is 2. The van der Waals surface area contributed by atoms with Gasteiger partial charge in [-0.1, -0.05) is 54.9 Å². The van der Waals surface area contributed by atoms with Crippen molar-refractivity contribution >= 4 is 51.2 Å². The number of rotatable bonds is 22. The number of likely N-dealkylation sites (tertiary alicyclic amines) is 1. The molecule has 1 aromatic rings. The predicted molar refractivity (Wildman–Crippen MR) is 225 cm³/mol. The van der Waals surface area contributed by atoms with Crippen molar-refractivity contribution in [1.82, 2.24) is 30.1 Å². The van der Waals surface area contributed by atoms with Crippen molar-refractivity contribution in [3.8, 4) is 0 Å². The van der Waals surface area contributed by atoms with Gasteiger partial charge in [-0.15, -0.1) is 0 Å². The first-order chi connectivity index (χ1) is 28.7. The fraction of sp³-hybridized carbons (Fsp3) is 0.707. The van der Waals surface area contributed by atoms with E-state index in [1.54, 1.807) is 33.8 Å². The van der Waals surface area contributed by atoms with Crippen LogP contribution in [0.2, 0.25) is 0 Å². The second kappa shape index (κ2) is 23.4. The molecule has 1 aliphatic heterocycles. The molecular formula is C41H66F3N7O10S. The number of ether oxygens (including phenoxy) is 2. The molecule has 4 N–H and O–H groups in total. The highest BCUT2D eigenvalue weighted by molar-refractivity contribution is 7.90. The number of hydrogen-bond donors (Lipinski definition) is 4. The first-order valence-corrected chi connectivity index (χ1v) is 22.1. The number of alkyl halides is 3. The molecule has 17 nitrogen and oxygen atoms in total. The summed E-state index contributed by atoms with van der Waals surface area (Å²) in [6.07, 6.45) is -5.10. The van der Waals surface area contributed by atoms with Gasteiger partial charge in [-0.05, 0) is 69.0 Å². The summed E-state index contributed by atoms with van der Waals surface area (Å²) in [5.74, 6) is -6.21. The van der Waals surface area contributed by atoms with E-state index in [1.807, 2.05) is 60.5 Å². The molecule has 0 radical (unpaired) electrons. The van der Waals surface area contributed by atoms with Crippen molar-refractivity contribution in [2.45, 2.75) is 122 Å². The lowest BCUT2D eigenvalue weighted by atomic mass is 9.89. The highest BCUT2D eigenvalue weighted by Gasteiger charge is 2.43. The zero-order chi connectivity index (χ0) is 47.4. The van der Waals surface area contributed by atoms with E-state index in [0.29, 0.717) is 25.8 Å². The van der Waals surface area contributed by atoms with Crippen LogP contribution in [0.15, 0.2) is 29.2 Å². The largest absolute Gasteiger partial charge is 0.471 e. The summed E-state index contributed by atoms with van der Waals surface area (Å²) in [6, 6.07) is 1.18. The van der Waals surface area contributed by atoms with E-state index in [0.717, 1.165) is 24.3 Å². The Hall–Kier alpha value is -4.34. The van der Waals surface area contributed by atoms with E-state index in [9.17, 15) is 50.4 Å². The van der Waals surface area contributed by atoms with Gasteiger partial charge in [0.1, 0.15) is 6.04 Å². The zero-order valence-electron chi connectivity index (χ0n) is 37.8. The number of nitrogens with one attached hydrogen (secondary N) is 4. The molecule has 0 aromatic heterocycles. The monoisotopic (exact) mass is 905 g/mol. The third-order valence-electron chi connectivity index (χ3n) is 11.3. The highest BCUT2D eigenvalue weighted by atomic mass is 32.2. The molecule has 21 heteroatoms. The lowest BCUT2D eigenvalue weighted by Gasteiger charge is -2.41. The quantitative estimate of drug-likeness (QED) is 0.133. The number of anilines is 1. The lowest BCUT2D eigenvalue weighted by molar-refractivity contribution is -0.167. The summed E-state index contributed by atoms with van der Waals surface area (Å²) in [5, 5.41) is 6.95. The standard InChI is InChI=1S/C41H66F3N7O10S/c1-13-25(6)35(50(10)39(56)33(23(2)3)47-38(55)34(24(4)5)49(8)9)30(60-11)21-32(53)51-20-14-15-29(51)36(61-12)26(7)37(54)45-22-31(52)48-62(58,59)28-18-16-27(17-19-28)46-40(57)41(42,43)44/h16-19,23-26,29-30,33-36H,13-15,20-22H2,1-12H3,(H,45,54)(H,46,57)(H,47,55)(H,48,52)/t25?,26-,29+,30-,33+,34?,35?,36-/m1/s1. The Labute approximate surface area is 363 Å². The van der Waals surface area contributed by atoms with Crippen LogP contribution in [-0.2, 0) is 48.3 Å². The zero-order valence-corrected chi connectivity index (χ0v) is 38.6. The average Bonchev–Trinajstić information content (AvgIpc) is 3.67. The van der Waals surface area contributed by atoms with Crippen molar-refractivity contribution in [3.63, 3.8) is 0 Å². The Balaban J connectivity index is 2.17. The van der Waals surface area contributed by atoms with E-state index in [4.69, 9.17) is 9.47 Å². The Kier molecular flexibility index (Phi) is 20.3. The van der Waals surface area contributed by atoms with Gasteiger partial charge in [-0.3, -0.25) is 33.7 Å². The molecule has 1 fully saturated rings. The molecule has 8 atom stereocenters. The van der Waals surface area contributed by atoms with Crippen LogP contribution in [0.4, 0.5) is 18.9 Å². The van der Waals surface area contributed by atoms with Gasteiger partial charge in [0.05, 0.1) is 54.1 Å². The minimum atomic E-state index is -5.16. The second-order valence-corrected chi connectivity index (χ2v) is 18.4. The van der Waals surface area contributed by atoms with Gasteiger partial charge in [0.15, 0.2) is 0 Å². The highest BCUT2D eigenvalue weighted by Crippen LogP contribution is 2.30. The number of nitrogens with zero attached hydrogens (tertiary/aromatic N) is 3. The van der Waals surface area contributed by atoms with Gasteiger partial charge >= 0.3 is 12.1 Å². The van der Waals surface area contributed by atoms with E-state index >= 15 is 0 Å². The smallest absolute Gasteiger partial charge is 0.379 e. The van der Waals surface area contributed by atoms with Crippen LogP contribution in [-0.4, -0.2) is 150 Å². The van der Waals surface area contributed by atoms with Gasteiger partial charge in [0, 0.05) is 33.5 Å². The Bertz CT molecular complexity index is 1810. The molecule has 0 saturated carbocycles. The normalized spacial score (nSPS) is 18.0. The van der Waals surface area contributed by atoms with Crippen LogP contribution in [0, 0.1) is 23.7 Å². The molecule has 3 unspecified atom stereocenters. The van der Waals surface area contributed by atoms with Crippen LogP contribution in [0.5, 0.6) is 0 Å². The Morgan fingerprint density at radius 1 is 0.903 bits per heavy atom. The van der Waals surface area contributed by atoms with Crippen molar-refractivity contribution in [2.75, 3.05) is 53.8 Å². The number of methoxy groups -OCH3 is 2. The molecule has 0 spiro atoms. The minimum absolute atomic E-state index is 0.00970. The molecule has 1 aliphatic rings. The SMILES string of the molecule is CCC(C)C([C@@H](CC(=O)N1CCC[C@H]1[C@H](OC)[C@@H](C)C(=O)NCC(=O)NS(=O)(=O)c1ccc(NC(=O)C(F)(F)F)cc1)OC)N(C)C(=O)[C@@H](NC(=O)C(C(C)C)N(C)C)C(C)C. The molecule has 0 bridgehead atoms. The Morgan fingerprint density at radius 2 is 1.50 bits per heavy atom.